The van der Waals surface area contributed by atoms with E-state index < -0.39 is 0 Å². The van der Waals surface area contributed by atoms with Crippen molar-refractivity contribution in [2.45, 2.75) is 0 Å². The fourth-order valence-electron chi connectivity index (χ4n) is 4.69. The molecule has 3 heterocycles. The quantitative estimate of drug-likeness (QED) is 0.263. The van der Waals surface area contributed by atoms with Crippen LogP contribution in [0.25, 0.3) is 67.1 Å². The largest absolute Gasteiger partial charge is 0.454 e. The third kappa shape index (κ3) is 3.37. The number of rotatable bonds is 4. The zero-order valence-electron chi connectivity index (χ0n) is 19.1. The Kier molecular flexibility index (Phi) is 4.71. The van der Waals surface area contributed by atoms with Gasteiger partial charge >= 0.3 is 0 Å². The fourth-order valence-corrected chi connectivity index (χ4v) is 4.69. The number of para-hydroxylation sites is 2. The Hall–Kier alpha value is -5.03. The van der Waals surface area contributed by atoms with Gasteiger partial charge in [0.15, 0.2) is 11.5 Å². The summed E-state index contributed by atoms with van der Waals surface area (Å²) in [4.78, 5) is 0. The highest BCUT2D eigenvalue weighted by Crippen LogP contribution is 2.43. The van der Waals surface area contributed by atoms with E-state index >= 15 is 0 Å². The Labute approximate surface area is 206 Å². The van der Waals surface area contributed by atoms with Gasteiger partial charge in [0.1, 0.15) is 22.6 Å². The first-order chi connectivity index (χ1) is 17.8. The van der Waals surface area contributed by atoms with Crippen molar-refractivity contribution < 1.29 is 8.83 Å². The molecule has 0 N–H and O–H groups in total. The standard InChI is InChI=1S/C31H19N3O2/c1-2-10-20(11-3-1)23-14-6-7-15-24(23)29-30(27-18-21-12-4-8-16-25(21)35-27)32-34-33-31(29)28-19-22-13-5-9-17-26(22)36-28/h1-19H. The lowest BCUT2D eigenvalue weighted by atomic mass is 9.91. The summed E-state index contributed by atoms with van der Waals surface area (Å²) in [5.74, 6) is 1.25. The van der Waals surface area contributed by atoms with Crippen molar-refractivity contribution in [3.05, 3.63) is 115 Å². The van der Waals surface area contributed by atoms with E-state index in [0.29, 0.717) is 22.9 Å². The first kappa shape index (κ1) is 20.4. The van der Waals surface area contributed by atoms with Gasteiger partial charge in [-0.2, -0.15) is 0 Å². The number of hydrogen-bond donors (Lipinski definition) is 0. The van der Waals surface area contributed by atoms with Crippen LogP contribution in [0.3, 0.4) is 0 Å². The fraction of sp³-hybridized carbons (Fsp3) is 0. The molecule has 170 valence electrons. The highest BCUT2D eigenvalue weighted by Gasteiger charge is 2.24. The Morgan fingerprint density at radius 1 is 0.472 bits per heavy atom. The monoisotopic (exact) mass is 465 g/mol. The Morgan fingerprint density at radius 2 is 0.972 bits per heavy atom. The molecule has 0 unspecified atom stereocenters. The molecule has 0 bridgehead atoms. The summed E-state index contributed by atoms with van der Waals surface area (Å²) in [5, 5.41) is 15.1. The van der Waals surface area contributed by atoms with E-state index in [-0.39, 0.29) is 0 Å². The van der Waals surface area contributed by atoms with Gasteiger partial charge in [0.2, 0.25) is 0 Å². The molecule has 7 aromatic rings. The van der Waals surface area contributed by atoms with E-state index in [4.69, 9.17) is 8.83 Å². The van der Waals surface area contributed by atoms with Crippen molar-refractivity contribution in [1.29, 1.82) is 0 Å². The molecular formula is C31H19N3O2. The minimum absolute atomic E-state index is 0.611. The van der Waals surface area contributed by atoms with Crippen LogP contribution in [0.2, 0.25) is 0 Å². The number of furan rings is 2. The highest BCUT2D eigenvalue weighted by atomic mass is 16.3. The number of aromatic nitrogens is 3. The van der Waals surface area contributed by atoms with Gasteiger partial charge < -0.3 is 8.83 Å². The maximum absolute atomic E-state index is 6.25. The van der Waals surface area contributed by atoms with Crippen LogP contribution in [-0.2, 0) is 0 Å². The second-order valence-electron chi connectivity index (χ2n) is 8.57. The molecule has 3 aromatic heterocycles. The van der Waals surface area contributed by atoms with Gasteiger partial charge in [0, 0.05) is 16.3 Å². The molecule has 0 spiro atoms. The molecule has 0 aliphatic carbocycles. The van der Waals surface area contributed by atoms with E-state index in [9.17, 15) is 0 Å². The van der Waals surface area contributed by atoms with Crippen LogP contribution in [0.5, 0.6) is 0 Å². The minimum Gasteiger partial charge on any atom is -0.454 e. The molecule has 36 heavy (non-hydrogen) atoms. The highest BCUT2D eigenvalue weighted by molar-refractivity contribution is 5.97. The summed E-state index contributed by atoms with van der Waals surface area (Å²) in [6.07, 6.45) is 0. The number of hydrogen-bond acceptors (Lipinski definition) is 5. The zero-order valence-corrected chi connectivity index (χ0v) is 19.1. The van der Waals surface area contributed by atoms with Crippen molar-refractivity contribution in [3.63, 3.8) is 0 Å². The Balaban J connectivity index is 1.55. The van der Waals surface area contributed by atoms with E-state index in [2.05, 4.69) is 39.7 Å². The van der Waals surface area contributed by atoms with Crippen LogP contribution < -0.4 is 0 Å². The van der Waals surface area contributed by atoms with Crippen molar-refractivity contribution in [3.8, 4) is 45.2 Å². The lowest BCUT2D eigenvalue weighted by Gasteiger charge is -2.14. The SMILES string of the molecule is c1ccc(-c2ccccc2-c2c(-c3cc4ccccc4o3)nnnc2-c2cc3ccccc3o2)cc1. The second-order valence-corrected chi connectivity index (χ2v) is 8.57. The van der Waals surface area contributed by atoms with E-state index in [0.717, 1.165) is 44.2 Å². The number of nitrogens with zero attached hydrogens (tertiary/aromatic N) is 3. The molecule has 4 aromatic carbocycles. The van der Waals surface area contributed by atoms with Gasteiger partial charge in [-0.1, -0.05) is 91.0 Å². The summed E-state index contributed by atoms with van der Waals surface area (Å²) < 4.78 is 12.5. The third-order valence-electron chi connectivity index (χ3n) is 6.36. The van der Waals surface area contributed by atoms with Crippen molar-refractivity contribution >= 4 is 21.9 Å². The first-order valence-electron chi connectivity index (χ1n) is 11.7. The summed E-state index contributed by atoms with van der Waals surface area (Å²) in [6, 6.07) is 38.4. The van der Waals surface area contributed by atoms with E-state index in [1.54, 1.807) is 0 Å². The second kappa shape index (κ2) is 8.32. The molecular weight excluding hydrogens is 446 g/mol. The molecule has 0 aliphatic rings. The normalized spacial score (nSPS) is 11.3. The summed E-state index contributed by atoms with van der Waals surface area (Å²) in [5.41, 5.74) is 6.73. The smallest absolute Gasteiger partial charge is 0.156 e. The molecule has 7 rings (SSSR count). The van der Waals surface area contributed by atoms with Gasteiger partial charge in [-0.05, 0) is 46.2 Å². The third-order valence-corrected chi connectivity index (χ3v) is 6.36. The van der Waals surface area contributed by atoms with Crippen LogP contribution in [0, 0.1) is 0 Å². The predicted octanol–water partition coefficient (Wildman–Crippen LogP) is 8.03. The Morgan fingerprint density at radius 3 is 1.56 bits per heavy atom. The molecule has 0 amide bonds. The zero-order chi connectivity index (χ0) is 23.9. The van der Waals surface area contributed by atoms with Gasteiger partial charge in [0.25, 0.3) is 0 Å². The lowest BCUT2D eigenvalue weighted by Crippen LogP contribution is -2.00. The minimum atomic E-state index is 0.611. The molecule has 5 heteroatoms. The predicted molar refractivity (Wildman–Crippen MR) is 141 cm³/mol. The van der Waals surface area contributed by atoms with Crippen molar-refractivity contribution in [1.82, 2.24) is 15.4 Å². The molecule has 0 radical (unpaired) electrons. The molecule has 0 atom stereocenters. The van der Waals surface area contributed by atoms with Crippen LogP contribution >= 0.6 is 0 Å². The lowest BCUT2D eigenvalue weighted by molar-refractivity contribution is 0.619. The Bertz CT molecular complexity index is 1690. The number of fused-ring (bicyclic) bond motifs is 2. The summed E-state index contributed by atoms with van der Waals surface area (Å²) in [6.45, 7) is 0. The average molecular weight is 466 g/mol. The van der Waals surface area contributed by atoms with E-state index in [1.165, 1.54) is 0 Å². The maximum Gasteiger partial charge on any atom is 0.156 e. The molecule has 0 saturated carbocycles. The van der Waals surface area contributed by atoms with Crippen LogP contribution in [0.4, 0.5) is 0 Å². The summed E-state index contributed by atoms with van der Waals surface area (Å²) >= 11 is 0. The average Bonchev–Trinajstić information content (AvgIpc) is 3.58. The topological polar surface area (TPSA) is 65.0 Å². The van der Waals surface area contributed by atoms with Crippen molar-refractivity contribution in [2.75, 3.05) is 0 Å². The number of benzene rings is 4. The summed E-state index contributed by atoms with van der Waals surface area (Å²) in [7, 11) is 0. The van der Waals surface area contributed by atoms with Gasteiger partial charge in [-0.15, -0.1) is 10.2 Å². The van der Waals surface area contributed by atoms with Crippen molar-refractivity contribution in [2.24, 2.45) is 0 Å². The van der Waals surface area contributed by atoms with Crippen LogP contribution in [0.1, 0.15) is 0 Å². The first-order valence-corrected chi connectivity index (χ1v) is 11.7. The maximum atomic E-state index is 6.25. The molecule has 0 saturated heterocycles. The van der Waals surface area contributed by atoms with Gasteiger partial charge in [-0.25, -0.2) is 0 Å². The van der Waals surface area contributed by atoms with E-state index in [1.807, 2.05) is 91.0 Å². The molecule has 0 fully saturated rings. The van der Waals surface area contributed by atoms with Gasteiger partial charge in [0.05, 0.1) is 0 Å². The molecule has 0 aliphatic heterocycles. The van der Waals surface area contributed by atoms with Crippen LogP contribution in [-0.4, -0.2) is 15.4 Å². The van der Waals surface area contributed by atoms with Crippen LogP contribution in [0.15, 0.2) is 124 Å². The van der Waals surface area contributed by atoms with Gasteiger partial charge in [-0.3, -0.25) is 0 Å². The molecule has 5 nitrogen and oxygen atoms in total.